The van der Waals surface area contributed by atoms with E-state index in [1.807, 2.05) is 35.2 Å². The molecule has 2 fully saturated rings. The van der Waals surface area contributed by atoms with E-state index in [0.29, 0.717) is 36.7 Å². The van der Waals surface area contributed by atoms with E-state index < -0.39 is 0 Å². The third-order valence-corrected chi connectivity index (χ3v) is 7.46. The summed E-state index contributed by atoms with van der Waals surface area (Å²) in [5, 5.41) is 9.78. The van der Waals surface area contributed by atoms with Crippen LogP contribution in [0.2, 0.25) is 0 Å². The van der Waals surface area contributed by atoms with Crippen LogP contribution in [0.4, 0.5) is 10.2 Å². The highest BCUT2D eigenvalue weighted by molar-refractivity contribution is 5.99. The van der Waals surface area contributed by atoms with E-state index in [1.165, 1.54) is 17.7 Å². The summed E-state index contributed by atoms with van der Waals surface area (Å²) in [6.07, 6.45) is 6.22. The van der Waals surface area contributed by atoms with Gasteiger partial charge in [-0.25, -0.2) is 9.37 Å². The number of carbonyl (C=O) groups is 1. The van der Waals surface area contributed by atoms with Crippen LogP contribution in [-0.4, -0.2) is 78.2 Å². The highest BCUT2D eigenvalue weighted by atomic mass is 19.1. The summed E-state index contributed by atoms with van der Waals surface area (Å²) in [5.74, 6) is 0.514. The maximum absolute atomic E-state index is 13.7. The first-order valence-corrected chi connectivity index (χ1v) is 13.5. The fraction of sp³-hybridized carbons (Fsp3) is 0.355. The van der Waals surface area contributed by atoms with Crippen molar-refractivity contribution in [1.82, 2.24) is 14.8 Å². The van der Waals surface area contributed by atoms with E-state index in [1.54, 1.807) is 12.1 Å². The maximum Gasteiger partial charge on any atom is 0.257 e. The fourth-order valence-corrected chi connectivity index (χ4v) is 5.25. The number of benzene rings is 2. The number of hydrogen-bond acceptors (Lipinski definition) is 5. The lowest BCUT2D eigenvalue weighted by atomic mass is 9.98. The Bertz CT molecular complexity index is 1240. The Balaban J connectivity index is 1.30. The number of nitrogens with zero attached hydrogens (tertiary/aromatic N) is 4. The predicted molar refractivity (Wildman–Crippen MR) is 149 cm³/mol. The lowest BCUT2D eigenvalue weighted by molar-refractivity contribution is 0.0650. The summed E-state index contributed by atoms with van der Waals surface area (Å²) in [5.41, 5.74) is 3.29. The molecule has 2 aliphatic rings. The van der Waals surface area contributed by atoms with E-state index in [-0.39, 0.29) is 24.2 Å². The van der Waals surface area contributed by atoms with E-state index in [9.17, 15) is 14.3 Å². The number of rotatable bonds is 7. The molecule has 2 saturated heterocycles. The number of hydrogen-bond donors (Lipinski definition) is 1. The number of piperazine rings is 1. The molecule has 1 atom stereocenters. The Hall–Kier alpha value is -3.55. The van der Waals surface area contributed by atoms with Crippen LogP contribution >= 0.6 is 0 Å². The first-order valence-electron chi connectivity index (χ1n) is 13.5. The van der Waals surface area contributed by atoms with Gasteiger partial charge < -0.3 is 14.9 Å². The van der Waals surface area contributed by atoms with Crippen LogP contribution in [0.3, 0.4) is 0 Å². The summed E-state index contributed by atoms with van der Waals surface area (Å²) < 4.78 is 13.5. The minimum atomic E-state index is -0.294. The standard InChI is InChI=1S/C31H35FN4O2/c32-27-12-10-26(11-13-27)29-15-14-28(30(33-29)36-17-5-9-25(22-36)23-37)31(38)35-20-18-34(19-21-35)16-4-8-24-6-2-1-3-7-24/h1-4,6-8,10-15,25,37H,5,9,16-23H2/b8-4+/t25-/m1/s1. The number of carbonyl (C=O) groups excluding carboxylic acids is 1. The average Bonchev–Trinajstić information content (AvgIpc) is 2.98. The molecule has 0 saturated carbocycles. The van der Waals surface area contributed by atoms with Crippen LogP contribution in [0.25, 0.3) is 17.3 Å². The van der Waals surface area contributed by atoms with Crippen LogP contribution in [0.5, 0.6) is 0 Å². The van der Waals surface area contributed by atoms with Crippen LogP contribution in [0.1, 0.15) is 28.8 Å². The van der Waals surface area contributed by atoms with Gasteiger partial charge in [-0.2, -0.15) is 0 Å². The minimum Gasteiger partial charge on any atom is -0.396 e. The fourth-order valence-electron chi connectivity index (χ4n) is 5.25. The van der Waals surface area contributed by atoms with Gasteiger partial charge in [0.15, 0.2) is 0 Å². The molecule has 2 aromatic carbocycles. The maximum atomic E-state index is 13.7. The van der Waals surface area contributed by atoms with Gasteiger partial charge in [0, 0.05) is 58.0 Å². The highest BCUT2D eigenvalue weighted by Gasteiger charge is 2.28. The molecule has 7 heteroatoms. The van der Waals surface area contributed by atoms with Gasteiger partial charge in [-0.05, 0) is 60.7 Å². The topological polar surface area (TPSA) is 59.9 Å². The van der Waals surface area contributed by atoms with Crippen molar-refractivity contribution in [2.75, 3.05) is 57.3 Å². The van der Waals surface area contributed by atoms with Crippen LogP contribution < -0.4 is 4.90 Å². The number of amides is 1. The Labute approximate surface area is 224 Å². The molecular weight excluding hydrogens is 479 g/mol. The van der Waals surface area contributed by atoms with Gasteiger partial charge in [0.05, 0.1) is 11.3 Å². The first kappa shape index (κ1) is 26.1. The number of aromatic nitrogens is 1. The molecule has 1 N–H and O–H groups in total. The quantitative estimate of drug-likeness (QED) is 0.501. The predicted octanol–water partition coefficient (Wildman–Crippen LogP) is 4.57. The second kappa shape index (κ2) is 12.3. The molecule has 198 valence electrons. The number of pyridine rings is 1. The van der Waals surface area contributed by atoms with E-state index >= 15 is 0 Å². The van der Waals surface area contributed by atoms with Crippen molar-refractivity contribution >= 4 is 17.8 Å². The van der Waals surface area contributed by atoms with Crippen molar-refractivity contribution < 1.29 is 14.3 Å². The van der Waals surface area contributed by atoms with Crippen molar-refractivity contribution in [3.63, 3.8) is 0 Å². The van der Waals surface area contributed by atoms with Crippen molar-refractivity contribution in [3.8, 4) is 11.3 Å². The van der Waals surface area contributed by atoms with Crippen LogP contribution in [0, 0.1) is 11.7 Å². The molecule has 38 heavy (non-hydrogen) atoms. The molecule has 0 radical (unpaired) electrons. The first-order chi connectivity index (χ1) is 18.6. The average molecular weight is 515 g/mol. The lowest BCUT2D eigenvalue weighted by Crippen LogP contribution is -2.49. The number of piperidine rings is 1. The third-order valence-electron chi connectivity index (χ3n) is 7.46. The van der Waals surface area contributed by atoms with Gasteiger partial charge in [0.2, 0.25) is 0 Å². The monoisotopic (exact) mass is 514 g/mol. The van der Waals surface area contributed by atoms with Crippen LogP contribution in [-0.2, 0) is 0 Å². The van der Waals surface area contributed by atoms with Gasteiger partial charge in [-0.1, -0.05) is 42.5 Å². The summed E-state index contributed by atoms with van der Waals surface area (Å²) in [4.78, 5) is 25.1. The van der Waals surface area contributed by atoms with Crippen molar-refractivity contribution in [1.29, 1.82) is 0 Å². The van der Waals surface area contributed by atoms with Gasteiger partial charge >= 0.3 is 0 Å². The zero-order valence-electron chi connectivity index (χ0n) is 21.7. The highest BCUT2D eigenvalue weighted by Crippen LogP contribution is 2.29. The zero-order chi connectivity index (χ0) is 26.3. The molecule has 3 aromatic rings. The minimum absolute atomic E-state index is 0.0104. The van der Waals surface area contributed by atoms with E-state index in [2.05, 4.69) is 34.1 Å². The summed E-state index contributed by atoms with van der Waals surface area (Å²) in [6.45, 7) is 5.39. The van der Waals surface area contributed by atoms with Gasteiger partial charge in [-0.15, -0.1) is 0 Å². The third kappa shape index (κ3) is 6.29. The van der Waals surface area contributed by atoms with Crippen molar-refractivity contribution in [2.24, 2.45) is 5.92 Å². The van der Waals surface area contributed by atoms with E-state index in [0.717, 1.165) is 44.6 Å². The number of anilines is 1. The molecule has 5 rings (SSSR count). The second-order valence-electron chi connectivity index (χ2n) is 10.1. The Kier molecular flexibility index (Phi) is 8.46. The van der Waals surface area contributed by atoms with E-state index in [4.69, 9.17) is 4.98 Å². The zero-order valence-corrected chi connectivity index (χ0v) is 21.7. The van der Waals surface area contributed by atoms with Gasteiger partial charge in [-0.3, -0.25) is 9.69 Å². The van der Waals surface area contributed by atoms with Gasteiger partial charge in [0.1, 0.15) is 11.6 Å². The van der Waals surface area contributed by atoms with Crippen LogP contribution in [0.15, 0.2) is 72.8 Å². The molecule has 0 unspecified atom stereocenters. The lowest BCUT2D eigenvalue weighted by Gasteiger charge is -2.36. The molecular formula is C31H35FN4O2. The molecule has 0 spiro atoms. The Morgan fingerprint density at radius 3 is 2.47 bits per heavy atom. The normalized spacial score (nSPS) is 18.7. The molecule has 1 aromatic heterocycles. The molecule has 0 bridgehead atoms. The summed E-state index contributed by atoms with van der Waals surface area (Å²) in [7, 11) is 0. The molecule has 1 amide bonds. The number of aliphatic hydroxyl groups is 1. The van der Waals surface area contributed by atoms with Crippen molar-refractivity contribution in [2.45, 2.75) is 12.8 Å². The van der Waals surface area contributed by atoms with Crippen molar-refractivity contribution in [3.05, 3.63) is 89.8 Å². The molecule has 6 nitrogen and oxygen atoms in total. The number of aliphatic hydroxyl groups excluding tert-OH is 1. The SMILES string of the molecule is O=C(c1ccc(-c2ccc(F)cc2)nc1N1CCC[C@@H](CO)C1)N1CCN(C/C=C/c2ccccc2)CC1. The van der Waals surface area contributed by atoms with Gasteiger partial charge in [0.25, 0.3) is 5.91 Å². The second-order valence-corrected chi connectivity index (χ2v) is 10.1. The Morgan fingerprint density at radius 2 is 1.74 bits per heavy atom. The largest absolute Gasteiger partial charge is 0.396 e. The Morgan fingerprint density at radius 1 is 0.974 bits per heavy atom. The molecule has 2 aliphatic heterocycles. The number of halogens is 1. The molecule has 0 aliphatic carbocycles. The smallest absolute Gasteiger partial charge is 0.257 e. The molecule has 3 heterocycles. The summed E-state index contributed by atoms with van der Waals surface area (Å²) >= 11 is 0. The summed E-state index contributed by atoms with van der Waals surface area (Å²) in [6, 6.07) is 20.2.